The van der Waals surface area contributed by atoms with Gasteiger partial charge in [0.1, 0.15) is 0 Å². The molecule has 1 nitrogen and oxygen atoms in total. The Morgan fingerprint density at radius 1 is 0.864 bits per heavy atom. The van der Waals surface area contributed by atoms with E-state index in [-0.39, 0.29) is 0 Å². The molecule has 0 bridgehead atoms. The Morgan fingerprint density at radius 3 is 2.27 bits per heavy atom. The Labute approximate surface area is 134 Å². The van der Waals surface area contributed by atoms with Gasteiger partial charge in [-0.3, -0.25) is 0 Å². The minimum Gasteiger partial charge on any atom is -0.329 e. The van der Waals surface area contributed by atoms with E-state index >= 15 is 0 Å². The normalized spacial score (nSPS) is 17.6. The highest BCUT2D eigenvalue weighted by molar-refractivity contribution is 5.21. The number of nitrogens with zero attached hydrogens (tertiary/aromatic N) is 1. The van der Waals surface area contributed by atoms with Gasteiger partial charge in [0.25, 0.3) is 0 Å². The molecule has 0 radical (unpaired) electrons. The Morgan fingerprint density at radius 2 is 1.55 bits per heavy atom. The predicted molar refractivity (Wildman–Crippen MR) is 92.4 cm³/mol. The molecule has 0 spiro atoms. The summed E-state index contributed by atoms with van der Waals surface area (Å²) in [5, 5.41) is 0. The quantitative estimate of drug-likeness (QED) is 0.762. The number of rotatable bonds is 3. The molecule has 1 fully saturated rings. The van der Waals surface area contributed by atoms with E-state index in [1.54, 1.807) is 0 Å². The molecule has 1 heterocycles. The molecule has 22 heavy (non-hydrogen) atoms. The van der Waals surface area contributed by atoms with Crippen LogP contribution >= 0.6 is 0 Å². The van der Waals surface area contributed by atoms with Gasteiger partial charge in [0.15, 0.2) is 0 Å². The smallest absolute Gasteiger partial charge is 0.0411 e. The van der Waals surface area contributed by atoms with Crippen molar-refractivity contribution in [2.24, 2.45) is 0 Å². The molecule has 1 unspecified atom stereocenters. The molecule has 0 N–H and O–H groups in total. The summed E-state index contributed by atoms with van der Waals surface area (Å²) >= 11 is 0. The fourth-order valence-corrected chi connectivity index (χ4v) is 3.09. The third-order valence-corrected chi connectivity index (χ3v) is 4.30. The lowest BCUT2D eigenvalue weighted by Gasteiger charge is -2.33. The molecule has 0 aliphatic carbocycles. The number of likely N-dealkylation sites (tertiary alicyclic amines) is 1. The molecule has 0 aromatic heterocycles. The summed E-state index contributed by atoms with van der Waals surface area (Å²) in [6.45, 7) is 1.11. The second kappa shape index (κ2) is 7.71. The molecule has 112 valence electrons. The number of piperidine rings is 1. The summed E-state index contributed by atoms with van der Waals surface area (Å²) < 4.78 is 0. The average molecular weight is 289 g/mol. The lowest BCUT2D eigenvalue weighted by molar-refractivity contribution is 0.226. The SMILES string of the molecule is C(#CN1CCCCC1Cc1ccccc1)Cc1ccccc1. The molecule has 2 aromatic carbocycles. The molecule has 1 aliphatic rings. The maximum atomic E-state index is 3.42. The van der Waals surface area contributed by atoms with Crippen LogP contribution in [0.1, 0.15) is 30.4 Å². The Balaban J connectivity index is 1.63. The van der Waals surface area contributed by atoms with Gasteiger partial charge < -0.3 is 4.90 Å². The van der Waals surface area contributed by atoms with Gasteiger partial charge in [-0.2, -0.15) is 0 Å². The average Bonchev–Trinajstić information content (AvgIpc) is 2.58. The van der Waals surface area contributed by atoms with Crippen LogP contribution in [-0.4, -0.2) is 17.5 Å². The molecule has 3 rings (SSSR count). The van der Waals surface area contributed by atoms with Crippen LogP contribution in [0.15, 0.2) is 60.7 Å². The van der Waals surface area contributed by atoms with Gasteiger partial charge in [0.2, 0.25) is 0 Å². The van der Waals surface area contributed by atoms with Gasteiger partial charge in [-0.05, 0) is 36.8 Å². The Hall–Kier alpha value is -2.20. The topological polar surface area (TPSA) is 3.24 Å². The summed E-state index contributed by atoms with van der Waals surface area (Å²) in [4.78, 5) is 2.37. The fraction of sp³-hybridized carbons (Fsp3) is 0.333. The third kappa shape index (κ3) is 4.15. The van der Waals surface area contributed by atoms with Crippen LogP contribution in [0.2, 0.25) is 0 Å². The maximum absolute atomic E-state index is 3.42. The van der Waals surface area contributed by atoms with Crippen LogP contribution in [0.5, 0.6) is 0 Å². The summed E-state index contributed by atoms with van der Waals surface area (Å²) in [6.07, 6.45) is 5.81. The second-order valence-electron chi connectivity index (χ2n) is 5.98. The third-order valence-electron chi connectivity index (χ3n) is 4.30. The zero-order valence-electron chi connectivity index (χ0n) is 13.0. The minimum absolute atomic E-state index is 0.569. The highest BCUT2D eigenvalue weighted by Crippen LogP contribution is 2.20. The first-order valence-electron chi connectivity index (χ1n) is 8.25. The van der Waals surface area contributed by atoms with E-state index in [9.17, 15) is 0 Å². The van der Waals surface area contributed by atoms with Gasteiger partial charge in [-0.1, -0.05) is 66.6 Å². The largest absolute Gasteiger partial charge is 0.329 e. The Kier molecular flexibility index (Phi) is 5.16. The molecule has 0 saturated carbocycles. The van der Waals surface area contributed by atoms with Crippen LogP contribution in [0.3, 0.4) is 0 Å². The van der Waals surface area contributed by atoms with Gasteiger partial charge in [-0.15, -0.1) is 0 Å². The van der Waals surface area contributed by atoms with Crippen molar-refractivity contribution in [3.05, 3.63) is 71.8 Å². The van der Waals surface area contributed by atoms with Gasteiger partial charge in [0.05, 0.1) is 0 Å². The number of benzene rings is 2. The van der Waals surface area contributed by atoms with Gasteiger partial charge in [0, 0.05) is 25.1 Å². The molecule has 1 heteroatoms. The fourth-order valence-electron chi connectivity index (χ4n) is 3.09. The monoisotopic (exact) mass is 289 g/mol. The van der Waals surface area contributed by atoms with Crippen LogP contribution in [0, 0.1) is 12.0 Å². The van der Waals surface area contributed by atoms with Gasteiger partial charge >= 0.3 is 0 Å². The van der Waals surface area contributed by atoms with E-state index in [1.807, 2.05) is 0 Å². The summed E-state index contributed by atoms with van der Waals surface area (Å²) in [6, 6.07) is 25.3. The first-order valence-corrected chi connectivity index (χ1v) is 8.25. The summed E-state index contributed by atoms with van der Waals surface area (Å²) in [5.41, 5.74) is 2.72. The predicted octanol–water partition coefficient (Wildman–Crippen LogP) is 4.29. The maximum Gasteiger partial charge on any atom is 0.0411 e. The minimum atomic E-state index is 0.569. The van der Waals surface area contributed by atoms with E-state index in [1.165, 1.54) is 30.4 Å². The highest BCUT2D eigenvalue weighted by Gasteiger charge is 2.20. The van der Waals surface area contributed by atoms with Crippen LogP contribution in [0.25, 0.3) is 0 Å². The lowest BCUT2D eigenvalue weighted by atomic mass is 9.96. The molecule has 0 amide bonds. The summed E-state index contributed by atoms with van der Waals surface area (Å²) in [7, 11) is 0. The molecule has 1 aliphatic heterocycles. The van der Waals surface area contributed by atoms with Crippen LogP contribution in [0.4, 0.5) is 0 Å². The van der Waals surface area contributed by atoms with Crippen molar-refractivity contribution < 1.29 is 0 Å². The van der Waals surface area contributed by atoms with Crippen molar-refractivity contribution in [2.75, 3.05) is 6.54 Å². The number of hydrogen-bond donors (Lipinski definition) is 0. The van der Waals surface area contributed by atoms with E-state index in [2.05, 4.69) is 77.5 Å². The van der Waals surface area contributed by atoms with Crippen molar-refractivity contribution in [3.63, 3.8) is 0 Å². The molecular formula is C21H23N. The zero-order valence-corrected chi connectivity index (χ0v) is 13.0. The van der Waals surface area contributed by atoms with Crippen molar-refractivity contribution in [2.45, 2.75) is 38.1 Å². The van der Waals surface area contributed by atoms with E-state index in [0.29, 0.717) is 6.04 Å². The van der Waals surface area contributed by atoms with Crippen LogP contribution < -0.4 is 0 Å². The van der Waals surface area contributed by atoms with Crippen LogP contribution in [-0.2, 0) is 12.8 Å². The molecule has 1 atom stereocenters. The summed E-state index contributed by atoms with van der Waals surface area (Å²) in [5.74, 6) is 3.36. The second-order valence-corrected chi connectivity index (χ2v) is 5.98. The number of hydrogen-bond acceptors (Lipinski definition) is 1. The van der Waals surface area contributed by atoms with Crippen molar-refractivity contribution in [1.29, 1.82) is 0 Å². The molecule has 1 saturated heterocycles. The zero-order chi connectivity index (χ0) is 15.0. The standard InChI is InChI=1S/C21H23N/c1-3-10-19(11-4-1)14-9-17-22-16-8-7-15-21(22)18-20-12-5-2-6-13-20/h1-6,10-13,21H,7-8,14-16,18H2. The van der Waals surface area contributed by atoms with Crippen molar-refractivity contribution >= 4 is 0 Å². The van der Waals surface area contributed by atoms with E-state index < -0.39 is 0 Å². The first-order chi connectivity index (χ1) is 10.9. The van der Waals surface area contributed by atoms with Crippen molar-refractivity contribution in [1.82, 2.24) is 4.90 Å². The molecule has 2 aromatic rings. The van der Waals surface area contributed by atoms with E-state index in [4.69, 9.17) is 0 Å². The van der Waals surface area contributed by atoms with Gasteiger partial charge in [-0.25, -0.2) is 0 Å². The highest BCUT2D eigenvalue weighted by atomic mass is 15.1. The molecular weight excluding hydrogens is 266 g/mol. The first kappa shape index (κ1) is 14.7. The Bertz CT molecular complexity index is 621. The van der Waals surface area contributed by atoms with E-state index in [0.717, 1.165) is 19.4 Å². The lowest BCUT2D eigenvalue weighted by Crippen LogP contribution is -2.37. The van der Waals surface area contributed by atoms with Crippen molar-refractivity contribution in [3.8, 4) is 12.0 Å².